The zero-order valence-corrected chi connectivity index (χ0v) is 17.9. The molecule has 1 fully saturated rings. The third-order valence-electron chi connectivity index (χ3n) is 5.17. The van der Waals surface area contributed by atoms with Gasteiger partial charge in [0.1, 0.15) is 17.5 Å². The molecule has 0 bridgehead atoms. The van der Waals surface area contributed by atoms with E-state index in [1.807, 2.05) is 19.1 Å². The lowest BCUT2D eigenvalue weighted by molar-refractivity contribution is -0.136. The predicted octanol–water partition coefficient (Wildman–Crippen LogP) is 2.15. The van der Waals surface area contributed by atoms with Gasteiger partial charge in [0.15, 0.2) is 5.82 Å². The molecular weight excluding hydrogens is 388 g/mol. The number of benzene rings is 1. The molecule has 2 amide bonds. The number of carbonyl (C=O) groups excluding carboxylic acids is 2. The minimum atomic E-state index is -0.454. The molecule has 0 spiro atoms. The lowest BCUT2D eigenvalue weighted by Crippen LogP contribution is -2.40. The van der Waals surface area contributed by atoms with Crippen molar-refractivity contribution >= 4 is 11.8 Å². The molecule has 9 heteroatoms. The maximum Gasteiger partial charge on any atom is 0.251 e. The van der Waals surface area contributed by atoms with Gasteiger partial charge >= 0.3 is 0 Å². The Balaban J connectivity index is 1.81. The van der Waals surface area contributed by atoms with Gasteiger partial charge in [-0.05, 0) is 31.0 Å². The maximum absolute atomic E-state index is 13.1. The lowest BCUT2D eigenvalue weighted by atomic mass is 10.1. The Morgan fingerprint density at radius 2 is 1.83 bits per heavy atom. The Morgan fingerprint density at radius 3 is 2.40 bits per heavy atom. The van der Waals surface area contributed by atoms with Crippen molar-refractivity contribution in [3.05, 3.63) is 35.5 Å². The van der Waals surface area contributed by atoms with Gasteiger partial charge in [-0.25, -0.2) is 0 Å². The van der Waals surface area contributed by atoms with Crippen LogP contribution in [0.15, 0.2) is 22.7 Å². The number of hydrogen-bond donors (Lipinski definition) is 0. The van der Waals surface area contributed by atoms with Crippen molar-refractivity contribution in [3.63, 3.8) is 0 Å². The van der Waals surface area contributed by atoms with Crippen LogP contribution in [0.4, 0.5) is 0 Å². The van der Waals surface area contributed by atoms with Gasteiger partial charge in [-0.3, -0.25) is 9.59 Å². The lowest BCUT2D eigenvalue weighted by Gasteiger charge is -2.29. The van der Waals surface area contributed by atoms with Crippen molar-refractivity contribution in [1.29, 1.82) is 0 Å². The van der Waals surface area contributed by atoms with Crippen LogP contribution in [0.1, 0.15) is 43.1 Å². The topological polar surface area (TPSA) is 98.0 Å². The van der Waals surface area contributed by atoms with E-state index in [1.54, 1.807) is 37.0 Å². The average Bonchev–Trinajstić information content (AvgIpc) is 3.06. The van der Waals surface area contributed by atoms with Crippen LogP contribution < -0.4 is 9.47 Å². The van der Waals surface area contributed by atoms with Gasteiger partial charge in [-0.2, -0.15) is 4.98 Å². The van der Waals surface area contributed by atoms with Crippen LogP contribution in [0.5, 0.6) is 11.5 Å². The second-order valence-electron chi connectivity index (χ2n) is 7.23. The van der Waals surface area contributed by atoms with E-state index >= 15 is 0 Å². The molecule has 1 unspecified atom stereocenters. The molecule has 9 nitrogen and oxygen atoms in total. The summed E-state index contributed by atoms with van der Waals surface area (Å²) in [6.07, 6.45) is 1.26. The summed E-state index contributed by atoms with van der Waals surface area (Å²) in [4.78, 5) is 33.5. The van der Waals surface area contributed by atoms with Gasteiger partial charge in [0.2, 0.25) is 11.8 Å². The van der Waals surface area contributed by atoms with Gasteiger partial charge in [0.05, 0.1) is 27.2 Å². The second-order valence-corrected chi connectivity index (χ2v) is 7.23. The SMILES string of the molecule is CCC(=O)N1CCCN(C(=O)Cc2cc(OC)cc(OC)c2)CC1c1nc(C)no1. The van der Waals surface area contributed by atoms with Crippen LogP contribution in [-0.4, -0.2) is 65.6 Å². The number of aromatic nitrogens is 2. The fourth-order valence-corrected chi connectivity index (χ4v) is 3.63. The van der Waals surface area contributed by atoms with E-state index < -0.39 is 6.04 Å². The summed E-state index contributed by atoms with van der Waals surface area (Å²) in [5.41, 5.74) is 0.798. The Kier molecular flexibility index (Phi) is 6.91. The zero-order valence-electron chi connectivity index (χ0n) is 17.9. The molecule has 1 atom stereocenters. The molecule has 1 aromatic heterocycles. The zero-order chi connectivity index (χ0) is 21.7. The Bertz CT molecular complexity index is 875. The molecule has 0 aliphatic carbocycles. The number of ether oxygens (including phenoxy) is 2. The third kappa shape index (κ3) is 4.90. The number of methoxy groups -OCH3 is 2. The standard InChI is InChI=1S/C21H28N4O5/c1-5-19(26)25-8-6-7-24(13-18(25)21-22-14(2)23-30-21)20(27)11-15-9-16(28-3)12-17(10-15)29-4/h9-10,12,18H,5-8,11,13H2,1-4H3. The quantitative estimate of drug-likeness (QED) is 0.712. The van der Waals surface area contributed by atoms with Gasteiger partial charge in [-0.15, -0.1) is 0 Å². The molecule has 1 aliphatic heterocycles. The van der Waals surface area contributed by atoms with Crippen LogP contribution in [0, 0.1) is 6.92 Å². The third-order valence-corrected chi connectivity index (χ3v) is 5.17. The number of rotatable bonds is 6. The van der Waals surface area contributed by atoms with Gasteiger partial charge < -0.3 is 23.8 Å². The Labute approximate surface area is 175 Å². The molecule has 30 heavy (non-hydrogen) atoms. The van der Waals surface area contributed by atoms with Gasteiger partial charge in [-0.1, -0.05) is 12.1 Å². The van der Waals surface area contributed by atoms with Crippen molar-refractivity contribution in [2.24, 2.45) is 0 Å². The van der Waals surface area contributed by atoms with Crippen molar-refractivity contribution in [2.45, 2.75) is 39.2 Å². The van der Waals surface area contributed by atoms with Crippen molar-refractivity contribution < 1.29 is 23.6 Å². The molecule has 2 heterocycles. The van der Waals surface area contributed by atoms with E-state index in [2.05, 4.69) is 10.1 Å². The molecule has 2 aromatic rings. The number of amides is 2. The monoisotopic (exact) mass is 416 g/mol. The van der Waals surface area contributed by atoms with E-state index in [0.717, 1.165) is 5.56 Å². The first-order chi connectivity index (χ1) is 14.4. The second kappa shape index (κ2) is 9.60. The highest BCUT2D eigenvalue weighted by molar-refractivity contribution is 5.80. The van der Waals surface area contributed by atoms with Crippen molar-refractivity contribution in [3.8, 4) is 11.5 Å². The molecule has 0 radical (unpaired) electrons. The first kappa shape index (κ1) is 21.6. The van der Waals surface area contributed by atoms with Crippen molar-refractivity contribution in [2.75, 3.05) is 33.9 Å². The number of aryl methyl sites for hydroxylation is 1. The Hall–Kier alpha value is -3.10. The molecular formula is C21H28N4O5. The van der Waals surface area contributed by atoms with Crippen LogP contribution in [-0.2, 0) is 16.0 Å². The summed E-state index contributed by atoms with van der Waals surface area (Å²) < 4.78 is 16.0. The van der Waals surface area contributed by atoms with Crippen LogP contribution in [0.25, 0.3) is 0 Å². The minimum absolute atomic E-state index is 0.00249. The first-order valence-corrected chi connectivity index (χ1v) is 10.0. The summed E-state index contributed by atoms with van der Waals surface area (Å²) in [6.45, 7) is 4.96. The predicted molar refractivity (Wildman–Crippen MR) is 108 cm³/mol. The van der Waals surface area contributed by atoms with E-state index in [4.69, 9.17) is 14.0 Å². The average molecular weight is 416 g/mol. The van der Waals surface area contributed by atoms with E-state index in [-0.39, 0.29) is 18.2 Å². The highest BCUT2D eigenvalue weighted by Gasteiger charge is 2.34. The summed E-state index contributed by atoms with van der Waals surface area (Å²) in [6, 6.07) is 4.96. The van der Waals surface area contributed by atoms with Gasteiger partial charge in [0, 0.05) is 25.6 Å². The fourth-order valence-electron chi connectivity index (χ4n) is 3.63. The van der Waals surface area contributed by atoms with Gasteiger partial charge in [0.25, 0.3) is 5.89 Å². The molecule has 3 rings (SSSR count). The highest BCUT2D eigenvalue weighted by atomic mass is 16.5. The summed E-state index contributed by atoms with van der Waals surface area (Å²) >= 11 is 0. The smallest absolute Gasteiger partial charge is 0.251 e. The molecule has 1 saturated heterocycles. The highest BCUT2D eigenvalue weighted by Crippen LogP contribution is 2.27. The summed E-state index contributed by atoms with van der Waals surface area (Å²) in [7, 11) is 3.15. The maximum atomic E-state index is 13.1. The molecule has 1 aromatic carbocycles. The summed E-state index contributed by atoms with van der Waals surface area (Å²) in [5.74, 6) is 2.08. The molecule has 1 aliphatic rings. The Morgan fingerprint density at radius 1 is 1.13 bits per heavy atom. The largest absolute Gasteiger partial charge is 0.497 e. The molecule has 0 N–H and O–H groups in total. The van der Waals surface area contributed by atoms with E-state index in [9.17, 15) is 9.59 Å². The minimum Gasteiger partial charge on any atom is -0.497 e. The van der Waals surface area contributed by atoms with Crippen LogP contribution in [0.3, 0.4) is 0 Å². The molecule has 162 valence electrons. The van der Waals surface area contributed by atoms with E-state index in [1.165, 1.54) is 0 Å². The fraction of sp³-hybridized carbons (Fsp3) is 0.524. The number of hydrogen-bond acceptors (Lipinski definition) is 7. The van der Waals surface area contributed by atoms with E-state index in [0.29, 0.717) is 55.7 Å². The molecule has 0 saturated carbocycles. The number of carbonyl (C=O) groups is 2. The normalized spacial score (nSPS) is 16.9. The van der Waals surface area contributed by atoms with Crippen LogP contribution >= 0.6 is 0 Å². The summed E-state index contributed by atoms with van der Waals surface area (Å²) in [5, 5.41) is 3.86. The number of nitrogens with zero attached hydrogens (tertiary/aromatic N) is 4. The van der Waals surface area contributed by atoms with Crippen LogP contribution in [0.2, 0.25) is 0 Å². The first-order valence-electron chi connectivity index (χ1n) is 10.0. The van der Waals surface area contributed by atoms with Crippen molar-refractivity contribution in [1.82, 2.24) is 19.9 Å².